The summed E-state index contributed by atoms with van der Waals surface area (Å²) in [6.07, 6.45) is 3.20. The van der Waals surface area contributed by atoms with Gasteiger partial charge in [-0.05, 0) is 54.4 Å². The highest BCUT2D eigenvalue weighted by Crippen LogP contribution is 2.38. The van der Waals surface area contributed by atoms with Gasteiger partial charge in [0, 0.05) is 42.8 Å². The van der Waals surface area contributed by atoms with E-state index >= 15 is 8.78 Å². The van der Waals surface area contributed by atoms with Crippen LogP contribution in [0.15, 0.2) is 48.8 Å². The molecule has 0 unspecified atom stereocenters. The fourth-order valence-electron chi connectivity index (χ4n) is 4.96. The van der Waals surface area contributed by atoms with Crippen molar-refractivity contribution < 1.29 is 23.0 Å². The summed E-state index contributed by atoms with van der Waals surface area (Å²) < 4.78 is 43.7. The van der Waals surface area contributed by atoms with Crippen LogP contribution in [0, 0.1) is 11.6 Å². The number of methoxy groups -OCH3 is 1. The number of aromatic nitrogens is 3. The van der Waals surface area contributed by atoms with Gasteiger partial charge in [-0.15, -0.1) is 0 Å². The summed E-state index contributed by atoms with van der Waals surface area (Å²) in [4.78, 5) is 18.8. The van der Waals surface area contributed by atoms with Crippen LogP contribution >= 0.6 is 0 Å². The maximum Gasteiger partial charge on any atom is 0.255 e. The molecule has 1 aliphatic heterocycles. The third-order valence-electron chi connectivity index (χ3n) is 6.79. The maximum atomic E-state index is 15.4. The van der Waals surface area contributed by atoms with Crippen molar-refractivity contribution in [2.24, 2.45) is 7.05 Å². The summed E-state index contributed by atoms with van der Waals surface area (Å²) in [7, 11) is 7.02. The Bertz CT molecular complexity index is 1500. The van der Waals surface area contributed by atoms with Gasteiger partial charge in [-0.2, -0.15) is 5.10 Å². The average molecular weight is 502 g/mol. The highest BCUT2D eigenvalue weighted by Gasteiger charge is 2.44. The van der Waals surface area contributed by atoms with Gasteiger partial charge in [0.25, 0.3) is 5.91 Å². The Labute approximate surface area is 215 Å². The van der Waals surface area contributed by atoms with Crippen LogP contribution in [0.4, 0.5) is 8.78 Å². The topological polar surface area (TPSA) is 69.5 Å². The SMILES string of the molecule is BC1(B)c2ncccc2C(=O)N1Cc1c(F)cc(-c2ccc(O[C@H](C)COC)c3nn(C)cc23)cc1F. The minimum atomic E-state index is -0.803. The molecule has 0 spiro atoms. The van der Waals surface area contributed by atoms with Crippen LogP contribution in [0.3, 0.4) is 0 Å². The summed E-state index contributed by atoms with van der Waals surface area (Å²) in [6.45, 7) is 2.08. The van der Waals surface area contributed by atoms with Gasteiger partial charge in [0.05, 0.1) is 24.4 Å². The zero-order chi connectivity index (χ0) is 26.5. The van der Waals surface area contributed by atoms with E-state index in [1.54, 1.807) is 55.5 Å². The molecule has 5 rings (SSSR count). The van der Waals surface area contributed by atoms with E-state index < -0.39 is 17.0 Å². The first-order valence-electron chi connectivity index (χ1n) is 12.0. The van der Waals surface area contributed by atoms with Crippen molar-refractivity contribution in [3.63, 3.8) is 0 Å². The Morgan fingerprint density at radius 3 is 2.54 bits per heavy atom. The Kier molecular flexibility index (Phi) is 6.27. The summed E-state index contributed by atoms with van der Waals surface area (Å²) in [5, 5.41) is 4.40. The van der Waals surface area contributed by atoms with Gasteiger partial charge in [-0.3, -0.25) is 14.5 Å². The molecule has 0 radical (unpaired) electrons. The molecule has 0 fully saturated rings. The molecule has 7 nitrogen and oxygen atoms in total. The van der Waals surface area contributed by atoms with E-state index in [-0.39, 0.29) is 24.1 Å². The standard InChI is InChI=1S/C26H26B2F2N4O3/c1-14(13-36-3)37-22-7-6-16(18-11-33(2)32-23(18)22)15-9-20(29)19(21(30)10-15)12-34-25(35)17-5-4-8-31-24(17)26(34,27)28/h4-11,14H,12-13,27-28H2,1-3H3/t14-/m1/s1. The second kappa shape index (κ2) is 9.30. The third kappa shape index (κ3) is 4.27. The minimum absolute atomic E-state index is 0.172. The zero-order valence-corrected chi connectivity index (χ0v) is 21.4. The molecule has 0 bridgehead atoms. The summed E-state index contributed by atoms with van der Waals surface area (Å²) >= 11 is 0. The number of pyridine rings is 1. The second-order valence-electron chi connectivity index (χ2n) is 9.83. The highest BCUT2D eigenvalue weighted by atomic mass is 19.1. The Hall–Kier alpha value is -3.72. The molecule has 0 aliphatic carbocycles. The first-order chi connectivity index (χ1) is 17.6. The molecular weight excluding hydrogens is 476 g/mol. The monoisotopic (exact) mass is 502 g/mol. The van der Waals surface area contributed by atoms with Crippen molar-refractivity contribution in [2.45, 2.75) is 24.9 Å². The zero-order valence-electron chi connectivity index (χ0n) is 21.4. The normalized spacial score (nSPS) is 15.3. The number of ether oxygens (including phenoxy) is 2. The average Bonchev–Trinajstić information content (AvgIpc) is 3.32. The molecule has 188 valence electrons. The second-order valence-corrected chi connectivity index (χ2v) is 9.83. The number of carbonyl (C=O) groups excluding carboxylic acids is 1. The van der Waals surface area contributed by atoms with E-state index in [2.05, 4.69) is 10.1 Å². The van der Waals surface area contributed by atoms with E-state index in [9.17, 15) is 4.79 Å². The van der Waals surface area contributed by atoms with Crippen molar-refractivity contribution >= 4 is 32.5 Å². The molecule has 11 heteroatoms. The van der Waals surface area contributed by atoms with Crippen LogP contribution in [0.1, 0.15) is 28.5 Å². The predicted molar refractivity (Wildman–Crippen MR) is 141 cm³/mol. The van der Waals surface area contributed by atoms with Crippen LogP contribution in [0.2, 0.25) is 0 Å². The first-order valence-corrected chi connectivity index (χ1v) is 12.0. The van der Waals surface area contributed by atoms with Crippen LogP contribution in [0.5, 0.6) is 5.75 Å². The van der Waals surface area contributed by atoms with Crippen molar-refractivity contribution in [3.8, 4) is 16.9 Å². The number of rotatable bonds is 7. The lowest BCUT2D eigenvalue weighted by Gasteiger charge is -2.32. The van der Waals surface area contributed by atoms with E-state index in [1.807, 2.05) is 22.6 Å². The molecule has 37 heavy (non-hydrogen) atoms. The smallest absolute Gasteiger partial charge is 0.255 e. The molecule has 0 saturated heterocycles. The molecule has 2 aromatic carbocycles. The van der Waals surface area contributed by atoms with Gasteiger partial charge in [-0.25, -0.2) is 8.78 Å². The lowest BCUT2D eigenvalue weighted by Crippen LogP contribution is -2.45. The van der Waals surface area contributed by atoms with Gasteiger partial charge >= 0.3 is 0 Å². The van der Waals surface area contributed by atoms with Crippen molar-refractivity contribution in [3.05, 3.63) is 77.2 Å². The van der Waals surface area contributed by atoms with Crippen molar-refractivity contribution in [1.29, 1.82) is 0 Å². The fraction of sp³-hybridized carbons (Fsp3) is 0.269. The highest BCUT2D eigenvalue weighted by molar-refractivity contribution is 6.42. The molecule has 2 aromatic heterocycles. The maximum absolute atomic E-state index is 15.4. The molecule has 0 N–H and O–H groups in total. The van der Waals surface area contributed by atoms with Gasteiger partial charge in [0.15, 0.2) is 0 Å². The predicted octanol–water partition coefficient (Wildman–Crippen LogP) is 2.36. The summed E-state index contributed by atoms with van der Waals surface area (Å²) in [5.74, 6) is -1.20. The molecule has 1 amide bonds. The summed E-state index contributed by atoms with van der Waals surface area (Å²) in [5.41, 5.74) is 2.44. The van der Waals surface area contributed by atoms with Gasteiger partial charge in [0.2, 0.25) is 0 Å². The number of amides is 1. The molecule has 1 atom stereocenters. The molecular formula is C26H26B2F2N4O3. The lowest BCUT2D eigenvalue weighted by molar-refractivity contribution is 0.0727. The van der Waals surface area contributed by atoms with E-state index in [4.69, 9.17) is 9.47 Å². The van der Waals surface area contributed by atoms with Crippen molar-refractivity contribution in [2.75, 3.05) is 13.7 Å². The summed E-state index contributed by atoms with van der Waals surface area (Å²) in [6, 6.07) is 9.48. The lowest BCUT2D eigenvalue weighted by atomic mass is 9.59. The number of carbonyl (C=O) groups is 1. The number of hydrogen-bond donors (Lipinski definition) is 0. The number of nitrogens with zero attached hydrogens (tertiary/aromatic N) is 4. The number of fused-ring (bicyclic) bond motifs is 2. The van der Waals surface area contributed by atoms with E-state index in [0.29, 0.717) is 45.6 Å². The molecule has 1 aliphatic rings. The van der Waals surface area contributed by atoms with Gasteiger partial charge < -0.3 is 14.4 Å². The minimum Gasteiger partial charge on any atom is -0.486 e. The number of benzene rings is 2. The van der Waals surface area contributed by atoms with Crippen LogP contribution < -0.4 is 4.74 Å². The quantitative estimate of drug-likeness (QED) is 0.364. The molecule has 0 saturated carbocycles. The van der Waals surface area contributed by atoms with Gasteiger partial charge in [0.1, 0.15) is 44.7 Å². The Morgan fingerprint density at radius 2 is 1.86 bits per heavy atom. The Balaban J connectivity index is 1.50. The van der Waals surface area contributed by atoms with Crippen LogP contribution in [0.25, 0.3) is 22.0 Å². The van der Waals surface area contributed by atoms with Gasteiger partial charge in [-0.1, -0.05) is 0 Å². The third-order valence-corrected chi connectivity index (χ3v) is 6.79. The van der Waals surface area contributed by atoms with Crippen LogP contribution in [-0.4, -0.2) is 61.1 Å². The molecule has 3 heterocycles. The number of halogens is 2. The number of aryl methyl sites for hydroxylation is 1. The fourth-order valence-corrected chi connectivity index (χ4v) is 4.96. The van der Waals surface area contributed by atoms with Crippen molar-refractivity contribution in [1.82, 2.24) is 19.7 Å². The van der Waals surface area contributed by atoms with E-state index in [0.717, 1.165) is 0 Å². The van der Waals surface area contributed by atoms with E-state index in [1.165, 1.54) is 17.0 Å². The van der Waals surface area contributed by atoms with Crippen LogP contribution in [-0.2, 0) is 23.7 Å². The first kappa shape index (κ1) is 25.0. The number of hydrogen-bond acceptors (Lipinski definition) is 5. The largest absolute Gasteiger partial charge is 0.486 e. The Morgan fingerprint density at radius 1 is 1.14 bits per heavy atom. The molecule has 4 aromatic rings.